The number of carbonyl (C=O) groups is 1. The summed E-state index contributed by atoms with van der Waals surface area (Å²) in [6.45, 7) is 0.736. The molecule has 1 heterocycles. The van der Waals surface area contributed by atoms with Crippen LogP contribution in [0.2, 0.25) is 0 Å². The van der Waals surface area contributed by atoms with Gasteiger partial charge in [-0.3, -0.25) is 4.79 Å². The van der Waals surface area contributed by atoms with Gasteiger partial charge >= 0.3 is 0 Å². The van der Waals surface area contributed by atoms with Crippen LogP contribution in [0.1, 0.15) is 25.7 Å². The summed E-state index contributed by atoms with van der Waals surface area (Å²) in [6.07, 6.45) is 8.77. The molecule has 0 saturated heterocycles. The molecule has 1 unspecified atom stereocenters. The van der Waals surface area contributed by atoms with E-state index in [1.54, 1.807) is 6.08 Å². The van der Waals surface area contributed by atoms with Crippen molar-refractivity contribution in [1.29, 1.82) is 0 Å². The molecule has 8 heteroatoms. The van der Waals surface area contributed by atoms with Gasteiger partial charge in [-0.05, 0) is 69.6 Å². The third-order valence-corrected chi connectivity index (χ3v) is 6.10. The number of ether oxygens (including phenoxy) is 1. The number of aromatic nitrogens is 2. The predicted molar refractivity (Wildman–Crippen MR) is 144 cm³/mol. The second-order valence-electron chi connectivity index (χ2n) is 9.30. The zero-order chi connectivity index (χ0) is 25.3. The summed E-state index contributed by atoms with van der Waals surface area (Å²) < 4.78 is 5.91. The fraction of sp³-hybridized carbons (Fsp3) is 0.321. The van der Waals surface area contributed by atoms with Gasteiger partial charge in [-0.2, -0.15) is 0 Å². The highest BCUT2D eigenvalue weighted by atomic mass is 16.5. The Morgan fingerprint density at radius 3 is 2.53 bits per heavy atom. The summed E-state index contributed by atoms with van der Waals surface area (Å²) in [5.74, 6) is 2.58. The van der Waals surface area contributed by atoms with Crippen LogP contribution in [0.4, 0.5) is 11.6 Å². The number of rotatable bonds is 9. The Kier molecular flexibility index (Phi) is 8.52. The van der Waals surface area contributed by atoms with Gasteiger partial charge in [0.2, 0.25) is 5.91 Å². The molecule has 36 heavy (non-hydrogen) atoms. The van der Waals surface area contributed by atoms with Crippen molar-refractivity contribution in [1.82, 2.24) is 20.2 Å². The molecule has 1 aliphatic rings. The highest BCUT2D eigenvalue weighted by Crippen LogP contribution is 2.34. The molecule has 0 bridgehead atoms. The number of hydrogen-bond donors (Lipinski definition) is 3. The summed E-state index contributed by atoms with van der Waals surface area (Å²) in [4.78, 5) is 23.0. The molecule has 0 radical (unpaired) electrons. The number of likely N-dealkylation sites (N-methyl/N-ethyl adjacent to an activating group) is 1. The van der Waals surface area contributed by atoms with Crippen molar-refractivity contribution in [2.24, 2.45) is 0 Å². The van der Waals surface area contributed by atoms with Crippen LogP contribution < -0.4 is 21.1 Å². The van der Waals surface area contributed by atoms with Crippen LogP contribution in [-0.4, -0.2) is 53.5 Å². The van der Waals surface area contributed by atoms with E-state index in [9.17, 15) is 4.79 Å². The lowest BCUT2D eigenvalue weighted by Crippen LogP contribution is -2.41. The second-order valence-corrected chi connectivity index (χ2v) is 9.30. The van der Waals surface area contributed by atoms with Crippen LogP contribution in [0.5, 0.6) is 11.5 Å². The number of hydrogen-bond acceptors (Lipinski definition) is 7. The van der Waals surface area contributed by atoms with Gasteiger partial charge in [0.25, 0.3) is 0 Å². The van der Waals surface area contributed by atoms with Crippen molar-refractivity contribution in [3.05, 3.63) is 73.1 Å². The number of anilines is 2. The molecule has 1 fully saturated rings. The first-order valence-corrected chi connectivity index (χ1v) is 12.3. The normalized spacial score (nSPS) is 17.8. The monoisotopic (exact) mass is 486 g/mol. The Morgan fingerprint density at radius 1 is 1.06 bits per heavy atom. The predicted octanol–water partition coefficient (Wildman–Crippen LogP) is 4.48. The number of nitrogens with one attached hydrogen (secondary N) is 2. The summed E-state index contributed by atoms with van der Waals surface area (Å²) >= 11 is 0. The molecule has 1 amide bonds. The van der Waals surface area contributed by atoms with E-state index in [2.05, 4.69) is 20.6 Å². The van der Waals surface area contributed by atoms with Gasteiger partial charge in [0.15, 0.2) is 0 Å². The summed E-state index contributed by atoms with van der Waals surface area (Å²) in [7, 11) is 3.95. The van der Waals surface area contributed by atoms with Crippen LogP contribution in [-0.2, 0) is 4.79 Å². The molecule has 8 nitrogen and oxygen atoms in total. The topological polar surface area (TPSA) is 105 Å². The Balaban J connectivity index is 1.42. The van der Waals surface area contributed by atoms with Crippen LogP contribution in [0, 0.1) is 0 Å². The maximum absolute atomic E-state index is 12.3. The maximum atomic E-state index is 12.3. The average molecular weight is 487 g/mol. The SMILES string of the molecule is CN(C)C/C=C/C(=O)N[C@@H]1CCCC(Nc2ncnc(N)c2-c2ccc(Oc3ccccc3)cc2)C1. The zero-order valence-electron chi connectivity index (χ0n) is 20.9. The number of benzene rings is 2. The van der Waals surface area contributed by atoms with Crippen molar-refractivity contribution in [2.45, 2.75) is 37.8 Å². The minimum Gasteiger partial charge on any atom is -0.457 e. The molecule has 2 atom stereocenters. The average Bonchev–Trinajstić information content (AvgIpc) is 2.86. The van der Waals surface area contributed by atoms with Crippen LogP contribution in [0.25, 0.3) is 11.1 Å². The lowest BCUT2D eigenvalue weighted by Gasteiger charge is -2.31. The summed E-state index contributed by atoms with van der Waals surface area (Å²) in [5.41, 5.74) is 7.96. The van der Waals surface area contributed by atoms with Gasteiger partial charge in [0.05, 0.1) is 5.56 Å². The van der Waals surface area contributed by atoms with E-state index in [0.29, 0.717) is 11.6 Å². The van der Waals surface area contributed by atoms with Crippen molar-refractivity contribution in [3.63, 3.8) is 0 Å². The lowest BCUT2D eigenvalue weighted by atomic mass is 9.90. The van der Waals surface area contributed by atoms with Gasteiger partial charge < -0.3 is 26.0 Å². The van der Waals surface area contributed by atoms with Crippen LogP contribution >= 0.6 is 0 Å². The molecular weight excluding hydrogens is 452 g/mol. The van der Waals surface area contributed by atoms with E-state index < -0.39 is 0 Å². The van der Waals surface area contributed by atoms with Crippen molar-refractivity contribution in [3.8, 4) is 22.6 Å². The molecular formula is C28H34N6O2. The van der Waals surface area contributed by atoms with E-state index in [1.807, 2.05) is 79.7 Å². The highest BCUT2D eigenvalue weighted by molar-refractivity contribution is 5.87. The quantitative estimate of drug-likeness (QED) is 0.383. The van der Waals surface area contributed by atoms with E-state index >= 15 is 0 Å². The summed E-state index contributed by atoms with van der Waals surface area (Å²) in [5, 5.41) is 6.70. The third-order valence-electron chi connectivity index (χ3n) is 6.10. The molecule has 1 aliphatic carbocycles. The van der Waals surface area contributed by atoms with E-state index in [4.69, 9.17) is 10.5 Å². The first kappa shape index (κ1) is 25.2. The van der Waals surface area contributed by atoms with E-state index in [0.717, 1.165) is 54.9 Å². The smallest absolute Gasteiger partial charge is 0.243 e. The van der Waals surface area contributed by atoms with Crippen LogP contribution in [0.3, 0.4) is 0 Å². The molecule has 0 aliphatic heterocycles. The lowest BCUT2D eigenvalue weighted by molar-refractivity contribution is -0.117. The first-order valence-electron chi connectivity index (χ1n) is 12.3. The van der Waals surface area contributed by atoms with E-state index in [-0.39, 0.29) is 18.0 Å². The molecule has 1 saturated carbocycles. The first-order chi connectivity index (χ1) is 17.5. The maximum Gasteiger partial charge on any atom is 0.243 e. The molecule has 4 rings (SSSR count). The molecule has 4 N–H and O–H groups in total. The molecule has 3 aromatic rings. The number of nitrogens with zero attached hydrogens (tertiary/aromatic N) is 3. The van der Waals surface area contributed by atoms with E-state index in [1.165, 1.54) is 6.33 Å². The molecule has 1 aromatic heterocycles. The molecule has 2 aromatic carbocycles. The van der Waals surface area contributed by atoms with Gasteiger partial charge in [0.1, 0.15) is 29.5 Å². The standard InChI is InChI=1S/C28H34N6O2/c1-34(2)17-7-12-25(35)32-21-8-6-9-22(18-21)33-28-26(27(29)30-19-31-28)20-13-15-24(16-14-20)36-23-10-4-3-5-11-23/h3-5,7,10-16,19,21-22H,6,8-9,17-18H2,1-2H3,(H,32,35)(H3,29,30,31,33)/b12-7+/t21-,22?/m1/s1. The van der Waals surface area contributed by atoms with Crippen molar-refractivity contribution >= 4 is 17.5 Å². The Labute approximate surface area is 212 Å². The van der Waals surface area contributed by atoms with Crippen LogP contribution in [0.15, 0.2) is 73.1 Å². The molecule has 0 spiro atoms. The number of para-hydroxylation sites is 1. The fourth-order valence-electron chi connectivity index (χ4n) is 4.37. The van der Waals surface area contributed by atoms with Gasteiger partial charge in [0, 0.05) is 24.7 Å². The Hall–Kier alpha value is -3.91. The number of nitrogen functional groups attached to an aromatic ring is 1. The largest absolute Gasteiger partial charge is 0.457 e. The summed E-state index contributed by atoms with van der Waals surface area (Å²) in [6, 6.07) is 17.7. The Bertz CT molecular complexity index is 1160. The zero-order valence-corrected chi connectivity index (χ0v) is 20.9. The third kappa shape index (κ3) is 7.05. The van der Waals surface area contributed by atoms with Gasteiger partial charge in [-0.25, -0.2) is 9.97 Å². The highest BCUT2D eigenvalue weighted by Gasteiger charge is 2.24. The number of amides is 1. The molecule has 188 valence electrons. The number of carbonyl (C=O) groups excluding carboxylic acids is 1. The van der Waals surface area contributed by atoms with Gasteiger partial charge in [-0.15, -0.1) is 0 Å². The fourth-order valence-corrected chi connectivity index (χ4v) is 4.37. The Morgan fingerprint density at radius 2 is 1.78 bits per heavy atom. The second kappa shape index (κ2) is 12.2. The minimum atomic E-state index is -0.0488. The van der Waals surface area contributed by atoms with Gasteiger partial charge in [-0.1, -0.05) is 36.4 Å². The van der Waals surface area contributed by atoms with Crippen molar-refractivity contribution < 1.29 is 9.53 Å². The van der Waals surface area contributed by atoms with Crippen molar-refractivity contribution in [2.75, 3.05) is 31.7 Å². The minimum absolute atomic E-state index is 0.0488. The number of nitrogens with two attached hydrogens (primary N) is 1.